The molecule has 2 aromatic rings. The highest BCUT2D eigenvalue weighted by molar-refractivity contribution is 5.87. The van der Waals surface area contributed by atoms with Crippen molar-refractivity contribution >= 4 is 5.97 Å². The summed E-state index contributed by atoms with van der Waals surface area (Å²) >= 11 is 0. The molecule has 0 bridgehead atoms. The van der Waals surface area contributed by atoms with Gasteiger partial charge in [-0.25, -0.2) is 9.78 Å². The Labute approximate surface area is 110 Å². The zero-order valence-electron chi connectivity index (χ0n) is 10.6. The third-order valence-corrected chi connectivity index (χ3v) is 3.27. The number of nitrogens with one attached hydrogen (secondary N) is 1. The lowest BCUT2D eigenvalue weighted by Gasteiger charge is -2.17. The summed E-state index contributed by atoms with van der Waals surface area (Å²) in [7, 11) is 0. The van der Waals surface area contributed by atoms with Gasteiger partial charge in [0.1, 0.15) is 11.6 Å². The number of imidazole rings is 1. The van der Waals surface area contributed by atoms with E-state index in [-0.39, 0.29) is 5.69 Å². The fraction of sp³-hybridized carbons (Fsp3) is 0.286. The van der Waals surface area contributed by atoms with Crippen LogP contribution in [0.4, 0.5) is 0 Å². The fourth-order valence-corrected chi connectivity index (χ4v) is 2.31. The number of carboxylic acid groups (broad SMARTS) is 1. The number of fused-ring (bicyclic) bond motifs is 1. The van der Waals surface area contributed by atoms with E-state index in [2.05, 4.69) is 9.97 Å². The van der Waals surface area contributed by atoms with Crippen LogP contribution in [0.5, 0.6) is 5.75 Å². The maximum Gasteiger partial charge on any atom is 0.356 e. The molecule has 2 N–H and O–H groups in total. The molecule has 1 aliphatic heterocycles. The maximum atomic E-state index is 11.0. The Hall–Kier alpha value is -2.30. The Morgan fingerprint density at radius 2 is 2.32 bits per heavy atom. The number of hydrogen-bond acceptors (Lipinski definition) is 3. The summed E-state index contributed by atoms with van der Waals surface area (Å²) in [6, 6.07) is 5.83. The lowest BCUT2D eigenvalue weighted by atomic mass is 10.0. The van der Waals surface area contributed by atoms with Crippen LogP contribution in [-0.4, -0.2) is 27.7 Å². The van der Waals surface area contributed by atoms with Crippen molar-refractivity contribution in [3.63, 3.8) is 0 Å². The summed E-state index contributed by atoms with van der Waals surface area (Å²) < 4.78 is 5.56. The second-order valence-electron chi connectivity index (χ2n) is 4.64. The van der Waals surface area contributed by atoms with Gasteiger partial charge in [0, 0.05) is 11.3 Å². The number of ether oxygens (including phenoxy) is 1. The number of aromatic carboxylic acids is 1. The van der Waals surface area contributed by atoms with Gasteiger partial charge in [-0.1, -0.05) is 0 Å². The van der Waals surface area contributed by atoms with Crippen LogP contribution in [0.3, 0.4) is 0 Å². The molecule has 1 aromatic heterocycles. The first-order valence-electron chi connectivity index (χ1n) is 6.21. The molecule has 3 rings (SSSR count). The van der Waals surface area contributed by atoms with Crippen molar-refractivity contribution in [3.05, 3.63) is 35.2 Å². The third-order valence-electron chi connectivity index (χ3n) is 3.27. The molecule has 0 aliphatic carbocycles. The average Bonchev–Trinajstić information content (AvgIpc) is 2.80. The monoisotopic (exact) mass is 258 g/mol. The van der Waals surface area contributed by atoms with Crippen molar-refractivity contribution in [2.75, 3.05) is 6.61 Å². The van der Waals surface area contributed by atoms with Gasteiger partial charge in [-0.05, 0) is 43.5 Å². The molecule has 19 heavy (non-hydrogen) atoms. The zero-order valence-corrected chi connectivity index (χ0v) is 10.6. The van der Waals surface area contributed by atoms with Crippen LogP contribution in [0, 0.1) is 6.92 Å². The first kappa shape index (κ1) is 11.8. The fourth-order valence-electron chi connectivity index (χ4n) is 2.31. The second kappa shape index (κ2) is 4.42. The highest BCUT2D eigenvalue weighted by atomic mass is 16.5. The molecule has 0 saturated carbocycles. The normalized spacial score (nSPS) is 13.7. The number of benzene rings is 1. The minimum atomic E-state index is -1.01. The Balaban J connectivity index is 2.02. The Morgan fingerprint density at radius 3 is 3.05 bits per heavy atom. The maximum absolute atomic E-state index is 11.0. The summed E-state index contributed by atoms with van der Waals surface area (Å²) in [5.74, 6) is 0.487. The highest BCUT2D eigenvalue weighted by Crippen LogP contribution is 2.29. The summed E-state index contributed by atoms with van der Waals surface area (Å²) in [5.41, 5.74) is 2.68. The van der Waals surface area contributed by atoms with Gasteiger partial charge < -0.3 is 14.8 Å². The lowest BCUT2D eigenvalue weighted by molar-refractivity contribution is 0.0690. The summed E-state index contributed by atoms with van der Waals surface area (Å²) in [6.45, 7) is 2.47. The van der Waals surface area contributed by atoms with Gasteiger partial charge in [0.05, 0.1) is 6.61 Å². The molecular weight excluding hydrogens is 244 g/mol. The van der Waals surface area contributed by atoms with Gasteiger partial charge >= 0.3 is 5.97 Å². The molecule has 0 saturated heterocycles. The number of aryl methyl sites for hydroxylation is 2. The Morgan fingerprint density at radius 1 is 1.47 bits per heavy atom. The zero-order chi connectivity index (χ0) is 13.4. The molecular formula is C14H14N2O3. The molecule has 1 aliphatic rings. The predicted molar refractivity (Wildman–Crippen MR) is 69.5 cm³/mol. The number of aromatic amines is 1. The molecule has 0 atom stereocenters. The van der Waals surface area contributed by atoms with Crippen molar-refractivity contribution in [1.82, 2.24) is 9.97 Å². The molecule has 5 heteroatoms. The van der Waals surface area contributed by atoms with Crippen molar-refractivity contribution in [2.24, 2.45) is 0 Å². The minimum Gasteiger partial charge on any atom is -0.493 e. The number of nitrogens with zero attached hydrogens (tertiary/aromatic N) is 1. The summed E-state index contributed by atoms with van der Waals surface area (Å²) in [6.07, 6.45) is 1.99. The van der Waals surface area contributed by atoms with E-state index in [4.69, 9.17) is 9.84 Å². The van der Waals surface area contributed by atoms with Crippen molar-refractivity contribution in [2.45, 2.75) is 19.8 Å². The molecule has 0 fully saturated rings. The van der Waals surface area contributed by atoms with Gasteiger partial charge in [-0.3, -0.25) is 0 Å². The van der Waals surface area contributed by atoms with Crippen LogP contribution in [0.15, 0.2) is 18.2 Å². The lowest BCUT2D eigenvalue weighted by Crippen LogP contribution is -2.08. The van der Waals surface area contributed by atoms with Gasteiger partial charge in [0.15, 0.2) is 5.69 Å². The second-order valence-corrected chi connectivity index (χ2v) is 4.64. The van der Waals surface area contributed by atoms with Gasteiger partial charge in [-0.2, -0.15) is 0 Å². The Kier molecular flexibility index (Phi) is 2.74. The van der Waals surface area contributed by atoms with E-state index in [1.54, 1.807) is 6.92 Å². The molecule has 5 nitrogen and oxygen atoms in total. The topological polar surface area (TPSA) is 75.2 Å². The van der Waals surface area contributed by atoms with E-state index in [0.29, 0.717) is 11.5 Å². The van der Waals surface area contributed by atoms with Gasteiger partial charge in [-0.15, -0.1) is 0 Å². The van der Waals surface area contributed by atoms with E-state index in [1.165, 1.54) is 0 Å². The number of carbonyl (C=O) groups is 1. The van der Waals surface area contributed by atoms with E-state index in [1.807, 2.05) is 18.2 Å². The molecule has 0 amide bonds. The van der Waals surface area contributed by atoms with Crippen molar-refractivity contribution in [1.29, 1.82) is 0 Å². The number of hydrogen-bond donors (Lipinski definition) is 2. The highest BCUT2D eigenvalue weighted by Gasteiger charge is 2.16. The van der Waals surface area contributed by atoms with Crippen LogP contribution < -0.4 is 4.74 Å². The molecule has 2 heterocycles. The number of rotatable bonds is 2. The van der Waals surface area contributed by atoms with Crippen LogP contribution in [0.25, 0.3) is 11.4 Å². The van der Waals surface area contributed by atoms with E-state index in [9.17, 15) is 4.79 Å². The van der Waals surface area contributed by atoms with E-state index in [0.717, 1.165) is 36.3 Å². The van der Waals surface area contributed by atoms with Crippen LogP contribution in [-0.2, 0) is 6.42 Å². The standard InChI is InChI=1S/C14H14N2O3/c1-8-12(14(17)18)16-13(15-8)10-4-5-11-9(7-10)3-2-6-19-11/h4-5,7H,2-3,6H2,1H3,(H,15,16)(H,17,18). The van der Waals surface area contributed by atoms with Gasteiger partial charge in [0.2, 0.25) is 0 Å². The molecule has 0 unspecified atom stereocenters. The summed E-state index contributed by atoms with van der Waals surface area (Å²) in [5, 5.41) is 9.02. The number of carboxylic acids is 1. The number of H-pyrrole nitrogens is 1. The average molecular weight is 258 g/mol. The van der Waals surface area contributed by atoms with E-state index >= 15 is 0 Å². The minimum absolute atomic E-state index is 0.0731. The Bertz CT molecular complexity index is 646. The first-order chi connectivity index (χ1) is 9.15. The van der Waals surface area contributed by atoms with Gasteiger partial charge in [0.25, 0.3) is 0 Å². The quantitative estimate of drug-likeness (QED) is 0.867. The molecule has 0 radical (unpaired) electrons. The van der Waals surface area contributed by atoms with Crippen molar-refractivity contribution < 1.29 is 14.6 Å². The molecule has 98 valence electrons. The SMILES string of the molecule is Cc1[nH]c(-c2ccc3c(c2)CCCO3)nc1C(=O)O. The first-order valence-corrected chi connectivity index (χ1v) is 6.21. The number of aromatic nitrogens is 2. The van der Waals surface area contributed by atoms with Crippen LogP contribution in [0.2, 0.25) is 0 Å². The smallest absolute Gasteiger partial charge is 0.356 e. The van der Waals surface area contributed by atoms with Crippen molar-refractivity contribution in [3.8, 4) is 17.1 Å². The van der Waals surface area contributed by atoms with Crippen LogP contribution in [0.1, 0.15) is 28.2 Å². The largest absolute Gasteiger partial charge is 0.493 e. The molecule has 0 spiro atoms. The van der Waals surface area contributed by atoms with E-state index < -0.39 is 5.97 Å². The summed E-state index contributed by atoms with van der Waals surface area (Å²) in [4.78, 5) is 18.1. The third kappa shape index (κ3) is 2.07. The predicted octanol–water partition coefficient (Wildman–Crippen LogP) is 2.41. The molecule has 1 aromatic carbocycles. The van der Waals surface area contributed by atoms with Crippen LogP contribution >= 0.6 is 0 Å².